The normalized spacial score (nSPS) is 21.0. The van der Waals surface area contributed by atoms with E-state index in [1.165, 1.54) is 32.1 Å². The zero-order valence-electron chi connectivity index (χ0n) is 15.3. The van der Waals surface area contributed by atoms with Crippen LogP contribution in [0, 0.1) is 0 Å². The second-order valence-corrected chi connectivity index (χ2v) is 7.79. The number of aromatic nitrogens is 3. The predicted octanol–water partition coefficient (Wildman–Crippen LogP) is 2.23. The van der Waals surface area contributed by atoms with E-state index >= 15 is 0 Å². The third-order valence-corrected chi connectivity index (χ3v) is 5.42. The first-order chi connectivity index (χ1) is 11.5. The highest BCUT2D eigenvalue weighted by Crippen LogP contribution is 2.23. The van der Waals surface area contributed by atoms with Crippen molar-refractivity contribution in [3.63, 3.8) is 0 Å². The molecular formula is C18H31N5O. The van der Waals surface area contributed by atoms with Crippen LogP contribution >= 0.6 is 0 Å². The Labute approximate surface area is 145 Å². The van der Waals surface area contributed by atoms with Crippen molar-refractivity contribution in [2.45, 2.75) is 83.8 Å². The van der Waals surface area contributed by atoms with Gasteiger partial charge in [0, 0.05) is 13.0 Å². The Kier molecular flexibility index (Phi) is 5.23. The van der Waals surface area contributed by atoms with Gasteiger partial charge in [-0.15, -0.1) is 10.2 Å². The molecule has 2 aliphatic heterocycles. The van der Waals surface area contributed by atoms with Gasteiger partial charge in [-0.2, -0.15) is 0 Å². The Morgan fingerprint density at radius 3 is 2.42 bits per heavy atom. The van der Waals surface area contributed by atoms with Crippen molar-refractivity contribution in [2.75, 3.05) is 13.1 Å². The van der Waals surface area contributed by atoms with Gasteiger partial charge in [-0.25, -0.2) is 0 Å². The lowest BCUT2D eigenvalue weighted by Gasteiger charge is -2.32. The third kappa shape index (κ3) is 3.63. The Morgan fingerprint density at radius 1 is 1.04 bits per heavy atom. The first-order valence-electron chi connectivity index (χ1n) is 9.48. The Morgan fingerprint density at radius 2 is 1.71 bits per heavy atom. The molecule has 0 bridgehead atoms. The maximum atomic E-state index is 12.8. The molecule has 134 valence electrons. The first-order valence-corrected chi connectivity index (χ1v) is 9.48. The number of nitrogens with zero attached hydrogens (tertiary/aromatic N) is 4. The quantitative estimate of drug-likeness (QED) is 0.918. The number of nitrogens with one attached hydrogen (secondary N) is 1. The van der Waals surface area contributed by atoms with Crippen LogP contribution in [0.5, 0.6) is 0 Å². The average molecular weight is 333 g/mol. The molecule has 1 fully saturated rings. The van der Waals surface area contributed by atoms with E-state index in [-0.39, 0.29) is 11.9 Å². The van der Waals surface area contributed by atoms with E-state index < -0.39 is 5.54 Å². The number of likely N-dealkylation sites (tertiary alicyclic amines) is 1. The van der Waals surface area contributed by atoms with E-state index in [1.807, 2.05) is 20.8 Å². The van der Waals surface area contributed by atoms with Gasteiger partial charge < -0.3 is 9.88 Å². The van der Waals surface area contributed by atoms with Crippen LogP contribution in [0.1, 0.15) is 70.9 Å². The lowest BCUT2D eigenvalue weighted by molar-refractivity contribution is -0.127. The van der Waals surface area contributed by atoms with Crippen molar-refractivity contribution in [2.24, 2.45) is 0 Å². The van der Waals surface area contributed by atoms with Crippen molar-refractivity contribution < 1.29 is 4.79 Å². The molecular weight excluding hydrogens is 302 g/mol. The lowest BCUT2D eigenvalue weighted by Crippen LogP contribution is -2.52. The Bertz CT molecular complexity index is 572. The molecule has 0 aliphatic carbocycles. The smallest absolute Gasteiger partial charge is 0.237 e. The molecule has 0 spiro atoms. The zero-order chi connectivity index (χ0) is 17.2. The van der Waals surface area contributed by atoms with E-state index in [9.17, 15) is 4.79 Å². The van der Waals surface area contributed by atoms with Crippen molar-refractivity contribution in [1.29, 1.82) is 0 Å². The number of fused-ring (bicyclic) bond motifs is 1. The molecule has 1 unspecified atom stereocenters. The van der Waals surface area contributed by atoms with Crippen molar-refractivity contribution in [3.8, 4) is 0 Å². The van der Waals surface area contributed by atoms with Gasteiger partial charge in [0.05, 0.1) is 11.6 Å². The molecule has 2 aliphatic rings. The molecule has 3 rings (SSSR count). The molecule has 3 heterocycles. The SMILES string of the molecule is CC(C(=O)NC(C)(C)c1nnc2n1CCCC2)N1CCCCCC1. The first kappa shape index (κ1) is 17.4. The van der Waals surface area contributed by atoms with Crippen LogP contribution in [0.2, 0.25) is 0 Å². The molecule has 0 radical (unpaired) electrons. The minimum atomic E-state index is -0.500. The molecule has 1 N–H and O–H groups in total. The maximum Gasteiger partial charge on any atom is 0.237 e. The summed E-state index contributed by atoms with van der Waals surface area (Å²) < 4.78 is 2.19. The van der Waals surface area contributed by atoms with Crippen molar-refractivity contribution in [3.05, 3.63) is 11.6 Å². The molecule has 1 atom stereocenters. The fourth-order valence-corrected chi connectivity index (χ4v) is 3.89. The number of hydrogen-bond donors (Lipinski definition) is 1. The highest BCUT2D eigenvalue weighted by Gasteiger charge is 2.33. The topological polar surface area (TPSA) is 63.1 Å². The van der Waals surface area contributed by atoms with Crippen LogP contribution in [0.3, 0.4) is 0 Å². The molecule has 1 amide bonds. The molecule has 0 aromatic carbocycles. The summed E-state index contributed by atoms with van der Waals surface area (Å²) in [6.07, 6.45) is 8.27. The van der Waals surface area contributed by atoms with Gasteiger partial charge in [0.2, 0.25) is 5.91 Å². The molecule has 6 nitrogen and oxygen atoms in total. The largest absolute Gasteiger partial charge is 0.343 e. The monoisotopic (exact) mass is 333 g/mol. The van der Waals surface area contributed by atoms with E-state index in [1.54, 1.807) is 0 Å². The number of hydrogen-bond acceptors (Lipinski definition) is 4. The van der Waals surface area contributed by atoms with Crippen molar-refractivity contribution in [1.82, 2.24) is 25.0 Å². The summed E-state index contributed by atoms with van der Waals surface area (Å²) in [5.41, 5.74) is -0.500. The summed E-state index contributed by atoms with van der Waals surface area (Å²) in [6.45, 7) is 9.09. The van der Waals surface area contributed by atoms with Gasteiger partial charge in [0.25, 0.3) is 0 Å². The second kappa shape index (κ2) is 7.21. The van der Waals surface area contributed by atoms with Gasteiger partial charge in [-0.3, -0.25) is 9.69 Å². The Balaban J connectivity index is 1.69. The molecule has 1 saturated heterocycles. The standard InChI is InChI=1S/C18H31N5O/c1-14(22-11-7-4-5-8-12-22)16(24)19-18(2,3)17-21-20-15-10-6-9-13-23(15)17/h14H,4-13H2,1-3H3,(H,19,24). The van der Waals surface area contributed by atoms with Crippen LogP contribution in [0.25, 0.3) is 0 Å². The minimum Gasteiger partial charge on any atom is -0.343 e. The highest BCUT2D eigenvalue weighted by atomic mass is 16.2. The number of aryl methyl sites for hydroxylation is 1. The summed E-state index contributed by atoms with van der Waals surface area (Å²) in [7, 11) is 0. The summed E-state index contributed by atoms with van der Waals surface area (Å²) in [5, 5.41) is 11.9. The molecule has 1 aromatic rings. The zero-order valence-corrected chi connectivity index (χ0v) is 15.3. The second-order valence-electron chi connectivity index (χ2n) is 7.79. The molecule has 24 heavy (non-hydrogen) atoms. The van der Waals surface area contributed by atoms with Crippen LogP contribution in [0.4, 0.5) is 0 Å². The summed E-state index contributed by atoms with van der Waals surface area (Å²) in [4.78, 5) is 15.1. The van der Waals surface area contributed by atoms with E-state index in [0.717, 1.165) is 44.1 Å². The molecule has 6 heteroatoms. The number of amides is 1. The number of rotatable bonds is 4. The van der Waals surface area contributed by atoms with Gasteiger partial charge in [-0.1, -0.05) is 12.8 Å². The van der Waals surface area contributed by atoms with Gasteiger partial charge in [-0.05, 0) is 59.5 Å². The average Bonchev–Trinajstić information content (AvgIpc) is 2.82. The summed E-state index contributed by atoms with van der Waals surface area (Å²) in [6, 6.07) is -0.0916. The van der Waals surface area contributed by atoms with E-state index in [2.05, 4.69) is 25.0 Å². The maximum absolute atomic E-state index is 12.8. The number of carbonyl (C=O) groups is 1. The minimum absolute atomic E-state index is 0.0916. The van der Waals surface area contributed by atoms with Gasteiger partial charge in [0.1, 0.15) is 5.82 Å². The third-order valence-electron chi connectivity index (χ3n) is 5.42. The van der Waals surface area contributed by atoms with Crippen LogP contribution < -0.4 is 5.32 Å². The fourth-order valence-electron chi connectivity index (χ4n) is 3.89. The van der Waals surface area contributed by atoms with Crippen LogP contribution in [-0.4, -0.2) is 44.7 Å². The van der Waals surface area contributed by atoms with Gasteiger partial charge in [0.15, 0.2) is 5.82 Å². The summed E-state index contributed by atoms with van der Waals surface area (Å²) >= 11 is 0. The van der Waals surface area contributed by atoms with E-state index in [0.29, 0.717) is 0 Å². The molecule has 1 aromatic heterocycles. The van der Waals surface area contributed by atoms with Crippen molar-refractivity contribution >= 4 is 5.91 Å². The fraction of sp³-hybridized carbons (Fsp3) is 0.833. The summed E-state index contributed by atoms with van der Waals surface area (Å²) in [5.74, 6) is 2.03. The highest BCUT2D eigenvalue weighted by molar-refractivity contribution is 5.82. The van der Waals surface area contributed by atoms with Gasteiger partial charge >= 0.3 is 0 Å². The van der Waals surface area contributed by atoms with Crippen LogP contribution in [-0.2, 0) is 23.3 Å². The lowest BCUT2D eigenvalue weighted by atomic mass is 10.0. The number of carbonyl (C=O) groups excluding carboxylic acids is 1. The molecule has 0 saturated carbocycles. The predicted molar refractivity (Wildman–Crippen MR) is 93.6 cm³/mol. The van der Waals surface area contributed by atoms with Crippen LogP contribution in [0.15, 0.2) is 0 Å². The Hall–Kier alpha value is -1.43. The van der Waals surface area contributed by atoms with E-state index in [4.69, 9.17) is 0 Å².